The molecule has 0 aromatic heterocycles. The molecule has 0 bridgehead atoms. The van der Waals surface area contributed by atoms with Crippen LogP contribution in [-0.4, -0.2) is 22.7 Å². The molecule has 6 heteroatoms. The molecule has 112 valence electrons. The Morgan fingerprint density at radius 3 is 2.81 bits per heavy atom. The van der Waals surface area contributed by atoms with Gasteiger partial charge in [0, 0.05) is 24.6 Å². The SMILES string of the molecule is N#Cc1ccc(N[C@H]2CCCCC[C@H]2CO)c([N+](=O)[O-])c1. The molecule has 1 aliphatic rings. The Labute approximate surface area is 123 Å². The molecule has 0 unspecified atom stereocenters. The van der Waals surface area contributed by atoms with Crippen LogP contribution in [0.5, 0.6) is 0 Å². The van der Waals surface area contributed by atoms with Crippen LogP contribution in [0.15, 0.2) is 18.2 Å². The second-order valence-electron chi connectivity index (χ2n) is 5.43. The highest BCUT2D eigenvalue weighted by Crippen LogP contribution is 2.31. The highest BCUT2D eigenvalue weighted by atomic mass is 16.6. The van der Waals surface area contributed by atoms with Gasteiger partial charge >= 0.3 is 0 Å². The van der Waals surface area contributed by atoms with Crippen molar-refractivity contribution in [3.05, 3.63) is 33.9 Å². The van der Waals surface area contributed by atoms with Crippen molar-refractivity contribution in [2.45, 2.75) is 38.1 Å². The largest absolute Gasteiger partial charge is 0.396 e. The molecule has 1 aliphatic carbocycles. The first kappa shape index (κ1) is 15.3. The van der Waals surface area contributed by atoms with Gasteiger partial charge in [0.1, 0.15) is 5.69 Å². The molecule has 0 aliphatic heterocycles. The Balaban J connectivity index is 2.25. The predicted molar refractivity (Wildman–Crippen MR) is 78.9 cm³/mol. The minimum absolute atomic E-state index is 0.0316. The third-order valence-corrected chi connectivity index (χ3v) is 4.06. The molecule has 0 amide bonds. The van der Waals surface area contributed by atoms with Crippen LogP contribution in [0.2, 0.25) is 0 Å². The number of nitro groups is 1. The van der Waals surface area contributed by atoms with E-state index in [1.54, 1.807) is 12.1 Å². The summed E-state index contributed by atoms with van der Waals surface area (Å²) < 4.78 is 0. The molecular weight excluding hydrogens is 270 g/mol. The number of nitro benzene ring substituents is 1. The number of nitriles is 1. The third kappa shape index (κ3) is 3.70. The van der Waals surface area contributed by atoms with Crippen molar-refractivity contribution < 1.29 is 10.0 Å². The molecule has 21 heavy (non-hydrogen) atoms. The van der Waals surface area contributed by atoms with E-state index in [1.165, 1.54) is 6.07 Å². The van der Waals surface area contributed by atoms with E-state index in [1.807, 2.05) is 6.07 Å². The summed E-state index contributed by atoms with van der Waals surface area (Å²) in [4.78, 5) is 10.7. The van der Waals surface area contributed by atoms with Crippen LogP contribution in [-0.2, 0) is 0 Å². The number of aliphatic hydroxyl groups excluding tert-OH is 1. The summed E-state index contributed by atoms with van der Waals surface area (Å²) >= 11 is 0. The lowest BCUT2D eigenvalue weighted by molar-refractivity contribution is -0.384. The van der Waals surface area contributed by atoms with Gasteiger partial charge in [-0.25, -0.2) is 0 Å². The van der Waals surface area contributed by atoms with Gasteiger partial charge in [0.25, 0.3) is 5.69 Å². The van der Waals surface area contributed by atoms with Gasteiger partial charge in [-0.05, 0) is 25.0 Å². The first-order chi connectivity index (χ1) is 10.2. The zero-order valence-corrected chi connectivity index (χ0v) is 11.8. The van der Waals surface area contributed by atoms with Gasteiger partial charge in [0.15, 0.2) is 0 Å². The number of nitrogens with zero attached hydrogens (tertiary/aromatic N) is 2. The van der Waals surface area contributed by atoms with E-state index >= 15 is 0 Å². The maximum absolute atomic E-state index is 11.2. The summed E-state index contributed by atoms with van der Waals surface area (Å²) in [5, 5.41) is 32.7. The molecule has 0 saturated heterocycles. The van der Waals surface area contributed by atoms with Crippen molar-refractivity contribution >= 4 is 11.4 Å². The zero-order chi connectivity index (χ0) is 15.2. The summed E-state index contributed by atoms with van der Waals surface area (Å²) in [5.74, 6) is 0.114. The lowest BCUT2D eigenvalue weighted by Gasteiger charge is -2.25. The zero-order valence-electron chi connectivity index (χ0n) is 11.8. The van der Waals surface area contributed by atoms with Crippen molar-refractivity contribution in [2.75, 3.05) is 11.9 Å². The molecule has 0 spiro atoms. The van der Waals surface area contributed by atoms with Crippen LogP contribution in [0.3, 0.4) is 0 Å². The minimum Gasteiger partial charge on any atom is -0.396 e. The van der Waals surface area contributed by atoms with Crippen LogP contribution in [0.1, 0.15) is 37.7 Å². The summed E-state index contributed by atoms with van der Waals surface area (Å²) in [6.45, 7) is 0.0851. The monoisotopic (exact) mass is 289 g/mol. The molecule has 2 N–H and O–H groups in total. The fourth-order valence-corrected chi connectivity index (χ4v) is 2.87. The highest BCUT2D eigenvalue weighted by molar-refractivity contribution is 5.64. The number of benzene rings is 1. The van der Waals surface area contributed by atoms with Gasteiger partial charge < -0.3 is 10.4 Å². The third-order valence-electron chi connectivity index (χ3n) is 4.06. The normalized spacial score (nSPS) is 22.1. The minimum atomic E-state index is -0.478. The molecular formula is C15H19N3O3. The average Bonchev–Trinajstić information content (AvgIpc) is 2.72. The van der Waals surface area contributed by atoms with Gasteiger partial charge in [0.2, 0.25) is 0 Å². The van der Waals surface area contributed by atoms with Gasteiger partial charge in [-0.1, -0.05) is 19.3 Å². The smallest absolute Gasteiger partial charge is 0.293 e. The summed E-state index contributed by atoms with van der Waals surface area (Å²) in [5.41, 5.74) is 0.603. The standard InChI is InChI=1S/C15H19N3O3/c16-9-11-6-7-14(15(8-11)18(20)21)17-13-5-3-1-2-4-12(13)10-19/h6-8,12-13,17,19H,1-5,10H2/t12-,13-/m0/s1. The molecule has 1 aromatic carbocycles. The van der Waals surface area contributed by atoms with E-state index in [-0.39, 0.29) is 29.8 Å². The van der Waals surface area contributed by atoms with E-state index in [0.717, 1.165) is 32.1 Å². The number of anilines is 1. The van der Waals surface area contributed by atoms with Crippen LogP contribution in [0.25, 0.3) is 0 Å². The average molecular weight is 289 g/mol. The molecule has 0 radical (unpaired) electrons. The lowest BCUT2D eigenvalue weighted by Crippen LogP contribution is -2.30. The van der Waals surface area contributed by atoms with E-state index in [4.69, 9.17) is 5.26 Å². The highest BCUT2D eigenvalue weighted by Gasteiger charge is 2.25. The van der Waals surface area contributed by atoms with Crippen molar-refractivity contribution in [3.8, 4) is 6.07 Å². The van der Waals surface area contributed by atoms with E-state index in [9.17, 15) is 15.2 Å². The Kier molecular flexibility index (Phi) is 5.12. The predicted octanol–water partition coefficient (Wildman–Crippen LogP) is 2.82. The Hall–Kier alpha value is -2.13. The number of aliphatic hydroxyl groups is 1. The summed E-state index contributed by atoms with van der Waals surface area (Å²) in [7, 11) is 0. The molecule has 1 aromatic rings. The Bertz CT molecular complexity index is 554. The van der Waals surface area contributed by atoms with Crippen molar-refractivity contribution in [3.63, 3.8) is 0 Å². The van der Waals surface area contributed by atoms with Crippen LogP contribution in [0, 0.1) is 27.4 Å². The Morgan fingerprint density at radius 2 is 2.14 bits per heavy atom. The fourth-order valence-electron chi connectivity index (χ4n) is 2.87. The first-order valence-corrected chi connectivity index (χ1v) is 7.21. The number of rotatable bonds is 4. The number of hydrogen-bond donors (Lipinski definition) is 2. The van der Waals surface area contributed by atoms with Crippen molar-refractivity contribution in [1.82, 2.24) is 0 Å². The van der Waals surface area contributed by atoms with Gasteiger partial charge in [-0.15, -0.1) is 0 Å². The lowest BCUT2D eigenvalue weighted by atomic mass is 9.95. The second-order valence-corrected chi connectivity index (χ2v) is 5.43. The molecule has 1 fully saturated rings. The maximum Gasteiger partial charge on any atom is 0.293 e. The molecule has 0 heterocycles. The first-order valence-electron chi connectivity index (χ1n) is 7.21. The Morgan fingerprint density at radius 1 is 1.38 bits per heavy atom. The number of hydrogen-bond acceptors (Lipinski definition) is 5. The molecule has 2 rings (SSSR count). The van der Waals surface area contributed by atoms with Crippen molar-refractivity contribution in [1.29, 1.82) is 5.26 Å². The van der Waals surface area contributed by atoms with Crippen LogP contribution in [0.4, 0.5) is 11.4 Å². The molecule has 2 atom stereocenters. The van der Waals surface area contributed by atoms with Crippen LogP contribution < -0.4 is 5.32 Å². The van der Waals surface area contributed by atoms with E-state index in [2.05, 4.69) is 5.32 Å². The number of nitrogens with one attached hydrogen (secondary N) is 1. The molecule has 1 saturated carbocycles. The second kappa shape index (κ2) is 7.04. The summed E-state index contributed by atoms with van der Waals surface area (Å²) in [6, 6.07) is 6.38. The van der Waals surface area contributed by atoms with Gasteiger partial charge in [-0.2, -0.15) is 5.26 Å². The van der Waals surface area contributed by atoms with Crippen LogP contribution >= 0.6 is 0 Å². The quantitative estimate of drug-likeness (QED) is 0.504. The van der Waals surface area contributed by atoms with E-state index < -0.39 is 4.92 Å². The van der Waals surface area contributed by atoms with Crippen molar-refractivity contribution in [2.24, 2.45) is 5.92 Å². The van der Waals surface area contributed by atoms with Gasteiger partial charge in [0.05, 0.1) is 16.6 Å². The topological polar surface area (TPSA) is 99.2 Å². The fraction of sp³-hybridized carbons (Fsp3) is 0.533. The summed E-state index contributed by atoms with van der Waals surface area (Å²) in [6.07, 6.45) is 5.09. The molecule has 6 nitrogen and oxygen atoms in total. The van der Waals surface area contributed by atoms with E-state index in [0.29, 0.717) is 5.69 Å². The maximum atomic E-state index is 11.2. The van der Waals surface area contributed by atoms with Gasteiger partial charge in [-0.3, -0.25) is 10.1 Å².